The largest absolute Gasteiger partial charge is 0.416 e. The summed E-state index contributed by atoms with van der Waals surface area (Å²) < 4.78 is 39.8. The number of benzene rings is 1. The van der Waals surface area contributed by atoms with Gasteiger partial charge in [-0.15, -0.1) is 0 Å². The first-order chi connectivity index (χ1) is 13.1. The van der Waals surface area contributed by atoms with Crippen LogP contribution in [0.1, 0.15) is 34.5 Å². The Morgan fingerprint density at radius 1 is 1.25 bits per heavy atom. The third-order valence-corrected chi connectivity index (χ3v) is 4.55. The molecule has 0 radical (unpaired) electrons. The van der Waals surface area contributed by atoms with Crippen molar-refractivity contribution in [2.75, 3.05) is 0 Å². The molecule has 2 N–H and O–H groups in total. The molecule has 0 bridgehead atoms. The molecule has 0 aliphatic carbocycles. The predicted octanol–water partition coefficient (Wildman–Crippen LogP) is 2.91. The van der Waals surface area contributed by atoms with E-state index in [2.05, 4.69) is 15.4 Å². The lowest BCUT2D eigenvalue weighted by Crippen LogP contribution is -2.23. The summed E-state index contributed by atoms with van der Waals surface area (Å²) in [6.45, 7) is 3.65. The van der Waals surface area contributed by atoms with Crippen molar-refractivity contribution >= 4 is 11.6 Å². The van der Waals surface area contributed by atoms with Crippen molar-refractivity contribution < 1.29 is 18.0 Å². The normalized spacial score (nSPS) is 11.8. The number of rotatable bonds is 5. The molecule has 148 valence electrons. The number of amides is 1. The number of carbonyl (C=O) groups excluding carboxylic acids is 1. The Hall–Kier alpha value is -3.10. The lowest BCUT2D eigenvalue weighted by molar-refractivity contribution is -0.137. The highest BCUT2D eigenvalue weighted by atomic mass is 19.4. The van der Waals surface area contributed by atoms with Crippen LogP contribution in [0.2, 0.25) is 0 Å². The van der Waals surface area contributed by atoms with E-state index in [1.807, 2.05) is 6.92 Å². The van der Waals surface area contributed by atoms with Crippen LogP contribution >= 0.6 is 0 Å². The van der Waals surface area contributed by atoms with E-state index in [1.165, 1.54) is 18.2 Å². The van der Waals surface area contributed by atoms with Gasteiger partial charge in [-0.1, -0.05) is 12.1 Å². The Labute approximate surface area is 158 Å². The van der Waals surface area contributed by atoms with Crippen molar-refractivity contribution in [2.24, 2.45) is 0 Å². The maximum Gasteiger partial charge on any atom is 0.416 e. The molecule has 0 spiro atoms. The van der Waals surface area contributed by atoms with Crippen LogP contribution < -0.4 is 10.9 Å². The molecule has 0 saturated heterocycles. The number of nitrogens with zero attached hydrogens (tertiary/aromatic N) is 2. The maximum atomic E-state index is 12.7. The molecule has 9 heteroatoms. The molecule has 2 heterocycles. The summed E-state index contributed by atoms with van der Waals surface area (Å²) in [5, 5.41) is 5.29. The second-order valence-electron chi connectivity index (χ2n) is 6.55. The number of H-pyrrole nitrogens is 1. The molecular weight excluding hydrogens is 373 g/mol. The van der Waals surface area contributed by atoms with Gasteiger partial charge in [0.2, 0.25) is 5.91 Å². The van der Waals surface area contributed by atoms with Crippen LogP contribution in [0.3, 0.4) is 0 Å². The number of fused-ring (bicyclic) bond motifs is 1. The minimum absolute atomic E-state index is 0.0168. The van der Waals surface area contributed by atoms with Crippen LogP contribution in [-0.4, -0.2) is 20.5 Å². The number of alkyl halides is 3. The molecule has 0 fully saturated rings. The van der Waals surface area contributed by atoms with Crippen molar-refractivity contribution in [3.8, 4) is 0 Å². The Bertz CT molecular complexity index is 1080. The summed E-state index contributed by atoms with van der Waals surface area (Å²) in [7, 11) is 0. The van der Waals surface area contributed by atoms with Crippen LogP contribution in [0, 0.1) is 13.8 Å². The SMILES string of the molecule is Cc1nc2cc(=O)[nH]n2c(C)c1CCC(=O)NCc1cccc(C(F)(F)F)c1. The van der Waals surface area contributed by atoms with Crippen LogP contribution in [0.15, 0.2) is 35.1 Å². The van der Waals surface area contributed by atoms with Gasteiger partial charge in [0.15, 0.2) is 5.65 Å². The van der Waals surface area contributed by atoms with E-state index in [0.717, 1.165) is 29.1 Å². The summed E-state index contributed by atoms with van der Waals surface area (Å²) in [6, 6.07) is 6.26. The van der Waals surface area contributed by atoms with E-state index in [1.54, 1.807) is 11.4 Å². The first kappa shape index (κ1) is 19.7. The second kappa shape index (κ2) is 7.49. The van der Waals surface area contributed by atoms with Gasteiger partial charge in [0, 0.05) is 30.4 Å². The van der Waals surface area contributed by atoms with Gasteiger partial charge in [-0.25, -0.2) is 9.50 Å². The summed E-state index contributed by atoms with van der Waals surface area (Å²) >= 11 is 0. The summed E-state index contributed by atoms with van der Waals surface area (Å²) in [5.41, 5.74) is 2.24. The van der Waals surface area contributed by atoms with Gasteiger partial charge >= 0.3 is 6.18 Å². The fraction of sp³-hybridized carbons (Fsp3) is 0.316. The Morgan fingerprint density at radius 3 is 2.71 bits per heavy atom. The van der Waals surface area contributed by atoms with Crippen molar-refractivity contribution in [3.05, 3.63) is 68.8 Å². The van der Waals surface area contributed by atoms with Crippen molar-refractivity contribution in [3.63, 3.8) is 0 Å². The van der Waals surface area contributed by atoms with E-state index in [0.29, 0.717) is 17.6 Å². The fourth-order valence-corrected chi connectivity index (χ4v) is 3.10. The minimum atomic E-state index is -4.42. The molecule has 0 unspecified atom stereocenters. The van der Waals surface area contributed by atoms with E-state index in [-0.39, 0.29) is 24.4 Å². The number of halogens is 3. The zero-order valence-electron chi connectivity index (χ0n) is 15.4. The van der Waals surface area contributed by atoms with Gasteiger partial charge in [0.1, 0.15) is 0 Å². The highest BCUT2D eigenvalue weighted by molar-refractivity contribution is 5.76. The molecule has 3 rings (SSSR count). The summed E-state index contributed by atoms with van der Waals surface area (Å²) in [6.07, 6.45) is -3.87. The molecule has 28 heavy (non-hydrogen) atoms. The van der Waals surface area contributed by atoms with Gasteiger partial charge in [-0.05, 0) is 43.5 Å². The van der Waals surface area contributed by atoms with Crippen molar-refractivity contribution in [1.82, 2.24) is 19.9 Å². The van der Waals surface area contributed by atoms with Gasteiger partial charge in [0.25, 0.3) is 5.56 Å². The Morgan fingerprint density at radius 2 is 2.00 bits per heavy atom. The summed E-state index contributed by atoms with van der Waals surface area (Å²) in [4.78, 5) is 28.0. The number of aryl methyl sites for hydroxylation is 2. The third-order valence-electron chi connectivity index (χ3n) is 4.55. The average molecular weight is 392 g/mol. The number of carbonyl (C=O) groups is 1. The van der Waals surface area contributed by atoms with Crippen LogP contribution in [-0.2, 0) is 23.9 Å². The molecule has 1 aromatic carbocycles. The Kier molecular flexibility index (Phi) is 5.26. The highest BCUT2D eigenvalue weighted by Gasteiger charge is 2.30. The molecule has 0 aliphatic heterocycles. The second-order valence-corrected chi connectivity index (χ2v) is 6.55. The monoisotopic (exact) mass is 392 g/mol. The molecule has 0 saturated carbocycles. The lowest BCUT2D eigenvalue weighted by Gasteiger charge is -2.12. The Balaban J connectivity index is 1.64. The molecule has 6 nitrogen and oxygen atoms in total. The van der Waals surface area contributed by atoms with Gasteiger partial charge in [0.05, 0.1) is 5.56 Å². The number of hydrogen-bond acceptors (Lipinski definition) is 3. The minimum Gasteiger partial charge on any atom is -0.352 e. The molecule has 0 atom stereocenters. The smallest absolute Gasteiger partial charge is 0.352 e. The van der Waals surface area contributed by atoms with Crippen molar-refractivity contribution in [2.45, 2.75) is 39.4 Å². The molecule has 1 amide bonds. The lowest BCUT2D eigenvalue weighted by atomic mass is 10.1. The maximum absolute atomic E-state index is 12.7. The van der Waals surface area contributed by atoms with Gasteiger partial charge < -0.3 is 5.32 Å². The van der Waals surface area contributed by atoms with Gasteiger partial charge in [-0.2, -0.15) is 13.2 Å². The number of hydrogen-bond donors (Lipinski definition) is 2. The average Bonchev–Trinajstić information content (AvgIpc) is 2.99. The predicted molar refractivity (Wildman–Crippen MR) is 96.9 cm³/mol. The van der Waals surface area contributed by atoms with Gasteiger partial charge in [-0.3, -0.25) is 14.7 Å². The zero-order chi connectivity index (χ0) is 20.5. The summed E-state index contributed by atoms with van der Waals surface area (Å²) in [5.74, 6) is -0.280. The topological polar surface area (TPSA) is 79.3 Å². The standard InChI is InChI=1S/C19H19F3N4O2/c1-11-15(12(2)26-16(24-11)9-18(28)25-26)6-7-17(27)23-10-13-4-3-5-14(8-13)19(20,21)22/h3-5,8-9H,6-7,10H2,1-2H3,(H,23,27)(H,25,28). The number of nitrogens with one attached hydrogen (secondary N) is 2. The fourth-order valence-electron chi connectivity index (χ4n) is 3.10. The van der Waals surface area contributed by atoms with Crippen LogP contribution in [0.5, 0.6) is 0 Å². The number of aromatic nitrogens is 3. The first-order valence-electron chi connectivity index (χ1n) is 8.66. The van der Waals surface area contributed by atoms with Crippen LogP contribution in [0.4, 0.5) is 13.2 Å². The van der Waals surface area contributed by atoms with Crippen molar-refractivity contribution in [1.29, 1.82) is 0 Å². The molecule has 0 aliphatic rings. The van der Waals surface area contributed by atoms with E-state index < -0.39 is 11.7 Å². The third kappa shape index (κ3) is 4.24. The quantitative estimate of drug-likeness (QED) is 0.701. The highest BCUT2D eigenvalue weighted by Crippen LogP contribution is 2.29. The van der Waals surface area contributed by atoms with E-state index in [9.17, 15) is 22.8 Å². The molecule has 3 aromatic rings. The number of aromatic amines is 1. The zero-order valence-corrected chi connectivity index (χ0v) is 15.4. The molecular formula is C19H19F3N4O2. The van der Waals surface area contributed by atoms with Crippen LogP contribution in [0.25, 0.3) is 5.65 Å². The van der Waals surface area contributed by atoms with E-state index in [4.69, 9.17) is 0 Å². The first-order valence-corrected chi connectivity index (χ1v) is 8.66. The molecule has 2 aromatic heterocycles. The van der Waals surface area contributed by atoms with E-state index >= 15 is 0 Å².